The van der Waals surface area contributed by atoms with Gasteiger partial charge in [0.05, 0.1) is 0 Å². The Hall–Kier alpha value is -0.0400. The van der Waals surface area contributed by atoms with Gasteiger partial charge in [0.1, 0.15) is 0 Å². The molecule has 0 radical (unpaired) electrons. The second-order valence-corrected chi connectivity index (χ2v) is 5.03. The SMILES string of the molecule is CC(C)CCC(N)C1CCCCC1. The van der Waals surface area contributed by atoms with Crippen molar-refractivity contribution in [2.45, 2.75) is 64.8 Å². The Balaban J connectivity index is 2.17. The van der Waals surface area contributed by atoms with Gasteiger partial charge in [0.25, 0.3) is 0 Å². The van der Waals surface area contributed by atoms with Crippen molar-refractivity contribution in [2.75, 3.05) is 0 Å². The lowest BCUT2D eigenvalue weighted by atomic mass is 9.82. The summed E-state index contributed by atoms with van der Waals surface area (Å²) in [5, 5.41) is 0. The zero-order valence-electron chi connectivity index (χ0n) is 9.26. The van der Waals surface area contributed by atoms with Crippen LogP contribution >= 0.6 is 0 Å². The normalized spacial score (nSPS) is 22.2. The van der Waals surface area contributed by atoms with E-state index in [0.717, 1.165) is 11.8 Å². The van der Waals surface area contributed by atoms with Crippen molar-refractivity contribution in [1.82, 2.24) is 0 Å². The minimum absolute atomic E-state index is 0.489. The molecule has 0 saturated heterocycles. The topological polar surface area (TPSA) is 26.0 Å². The second kappa shape index (κ2) is 5.64. The van der Waals surface area contributed by atoms with Crippen LogP contribution in [0.3, 0.4) is 0 Å². The number of rotatable bonds is 4. The summed E-state index contributed by atoms with van der Waals surface area (Å²) < 4.78 is 0. The van der Waals surface area contributed by atoms with Gasteiger partial charge in [0.2, 0.25) is 0 Å². The molecule has 13 heavy (non-hydrogen) atoms. The molecular weight excluding hydrogens is 158 g/mol. The Kier molecular flexibility index (Phi) is 4.79. The summed E-state index contributed by atoms with van der Waals surface area (Å²) >= 11 is 0. The Labute approximate surface area is 83.1 Å². The number of hydrogen-bond acceptors (Lipinski definition) is 1. The van der Waals surface area contributed by atoms with Crippen LogP contribution in [0.25, 0.3) is 0 Å². The van der Waals surface area contributed by atoms with Crippen LogP contribution in [0.15, 0.2) is 0 Å². The van der Waals surface area contributed by atoms with E-state index < -0.39 is 0 Å². The monoisotopic (exact) mass is 183 g/mol. The zero-order chi connectivity index (χ0) is 9.68. The van der Waals surface area contributed by atoms with E-state index in [1.807, 2.05) is 0 Å². The highest BCUT2D eigenvalue weighted by atomic mass is 14.6. The van der Waals surface area contributed by atoms with Gasteiger partial charge in [-0.1, -0.05) is 33.1 Å². The minimum atomic E-state index is 0.489. The van der Waals surface area contributed by atoms with Gasteiger partial charge in [-0.15, -0.1) is 0 Å². The molecule has 1 heteroatoms. The molecule has 1 aliphatic carbocycles. The van der Waals surface area contributed by atoms with Crippen molar-refractivity contribution < 1.29 is 0 Å². The van der Waals surface area contributed by atoms with Gasteiger partial charge in [-0.3, -0.25) is 0 Å². The Morgan fingerprint density at radius 2 is 1.69 bits per heavy atom. The predicted octanol–water partition coefficient (Wildman–Crippen LogP) is 3.33. The average molecular weight is 183 g/mol. The maximum absolute atomic E-state index is 6.20. The van der Waals surface area contributed by atoms with Crippen molar-refractivity contribution in [2.24, 2.45) is 17.6 Å². The van der Waals surface area contributed by atoms with Crippen molar-refractivity contribution in [1.29, 1.82) is 0 Å². The van der Waals surface area contributed by atoms with Gasteiger partial charge >= 0.3 is 0 Å². The van der Waals surface area contributed by atoms with E-state index in [4.69, 9.17) is 5.73 Å². The highest BCUT2D eigenvalue weighted by Gasteiger charge is 2.20. The third-order valence-electron chi connectivity index (χ3n) is 3.33. The molecule has 1 unspecified atom stereocenters. The van der Waals surface area contributed by atoms with Crippen LogP contribution < -0.4 is 5.73 Å². The summed E-state index contributed by atoms with van der Waals surface area (Å²) in [4.78, 5) is 0. The fourth-order valence-electron chi connectivity index (χ4n) is 2.32. The van der Waals surface area contributed by atoms with E-state index in [0.29, 0.717) is 6.04 Å². The second-order valence-electron chi connectivity index (χ2n) is 5.03. The van der Waals surface area contributed by atoms with E-state index in [9.17, 15) is 0 Å². The molecule has 1 nitrogen and oxygen atoms in total. The third kappa shape index (κ3) is 4.12. The molecule has 0 aromatic carbocycles. The first-order valence-electron chi connectivity index (χ1n) is 5.95. The molecule has 1 atom stereocenters. The maximum Gasteiger partial charge on any atom is 0.00672 e. The molecule has 1 aliphatic rings. The van der Waals surface area contributed by atoms with Crippen molar-refractivity contribution >= 4 is 0 Å². The molecule has 0 aliphatic heterocycles. The molecule has 1 rings (SSSR count). The van der Waals surface area contributed by atoms with Crippen LogP contribution in [0.1, 0.15) is 58.8 Å². The van der Waals surface area contributed by atoms with Crippen LogP contribution in [-0.4, -0.2) is 6.04 Å². The summed E-state index contributed by atoms with van der Waals surface area (Å²) in [7, 11) is 0. The lowest BCUT2D eigenvalue weighted by Gasteiger charge is -2.27. The fourth-order valence-corrected chi connectivity index (χ4v) is 2.32. The summed E-state index contributed by atoms with van der Waals surface area (Å²) in [5.41, 5.74) is 6.20. The van der Waals surface area contributed by atoms with Gasteiger partial charge in [-0.05, 0) is 37.5 Å². The summed E-state index contributed by atoms with van der Waals surface area (Å²) in [6.07, 6.45) is 9.59. The Morgan fingerprint density at radius 3 is 2.23 bits per heavy atom. The van der Waals surface area contributed by atoms with Gasteiger partial charge in [0, 0.05) is 6.04 Å². The largest absolute Gasteiger partial charge is 0.327 e. The lowest BCUT2D eigenvalue weighted by molar-refractivity contribution is 0.285. The molecule has 1 fully saturated rings. The van der Waals surface area contributed by atoms with Gasteiger partial charge in [-0.25, -0.2) is 0 Å². The van der Waals surface area contributed by atoms with Gasteiger partial charge in [0.15, 0.2) is 0 Å². The van der Waals surface area contributed by atoms with Crippen molar-refractivity contribution in [3.8, 4) is 0 Å². The summed E-state index contributed by atoms with van der Waals surface area (Å²) in [6, 6.07) is 0.489. The lowest BCUT2D eigenvalue weighted by Crippen LogP contribution is -2.31. The van der Waals surface area contributed by atoms with E-state index >= 15 is 0 Å². The first-order valence-corrected chi connectivity index (χ1v) is 5.95. The smallest absolute Gasteiger partial charge is 0.00672 e. The molecule has 0 heterocycles. The van der Waals surface area contributed by atoms with Crippen LogP contribution in [0.2, 0.25) is 0 Å². The Bertz CT molecular complexity index is 125. The molecule has 0 aromatic heterocycles. The quantitative estimate of drug-likeness (QED) is 0.711. The minimum Gasteiger partial charge on any atom is -0.327 e. The molecule has 78 valence electrons. The van der Waals surface area contributed by atoms with E-state index in [1.165, 1.54) is 44.9 Å². The predicted molar refractivity (Wildman–Crippen MR) is 58.6 cm³/mol. The molecule has 0 bridgehead atoms. The maximum atomic E-state index is 6.20. The van der Waals surface area contributed by atoms with Crippen molar-refractivity contribution in [3.63, 3.8) is 0 Å². The third-order valence-corrected chi connectivity index (χ3v) is 3.33. The van der Waals surface area contributed by atoms with Crippen LogP contribution in [0.4, 0.5) is 0 Å². The molecule has 1 saturated carbocycles. The molecule has 0 spiro atoms. The average Bonchev–Trinajstić information content (AvgIpc) is 2.15. The first kappa shape index (κ1) is 11.0. The standard InChI is InChI=1S/C12H25N/c1-10(2)8-9-12(13)11-6-4-3-5-7-11/h10-12H,3-9,13H2,1-2H3. The van der Waals surface area contributed by atoms with Crippen LogP contribution in [0, 0.1) is 11.8 Å². The van der Waals surface area contributed by atoms with Crippen LogP contribution in [-0.2, 0) is 0 Å². The summed E-state index contributed by atoms with van der Waals surface area (Å²) in [5.74, 6) is 1.65. The van der Waals surface area contributed by atoms with Gasteiger partial charge in [-0.2, -0.15) is 0 Å². The van der Waals surface area contributed by atoms with Crippen LogP contribution in [0.5, 0.6) is 0 Å². The first-order chi connectivity index (χ1) is 6.20. The van der Waals surface area contributed by atoms with Gasteiger partial charge < -0.3 is 5.73 Å². The zero-order valence-corrected chi connectivity index (χ0v) is 9.26. The van der Waals surface area contributed by atoms with Crippen molar-refractivity contribution in [3.05, 3.63) is 0 Å². The molecular formula is C12H25N. The fraction of sp³-hybridized carbons (Fsp3) is 1.00. The number of nitrogens with two attached hydrogens (primary N) is 1. The Morgan fingerprint density at radius 1 is 1.08 bits per heavy atom. The highest BCUT2D eigenvalue weighted by molar-refractivity contribution is 4.76. The highest BCUT2D eigenvalue weighted by Crippen LogP contribution is 2.27. The van der Waals surface area contributed by atoms with E-state index in [2.05, 4.69) is 13.8 Å². The molecule has 0 aromatic rings. The summed E-state index contributed by atoms with van der Waals surface area (Å²) in [6.45, 7) is 4.57. The molecule has 2 N–H and O–H groups in total. The number of hydrogen-bond donors (Lipinski definition) is 1. The molecule has 0 amide bonds. The van der Waals surface area contributed by atoms with E-state index in [-0.39, 0.29) is 0 Å². The van der Waals surface area contributed by atoms with E-state index in [1.54, 1.807) is 0 Å².